The van der Waals surface area contributed by atoms with Gasteiger partial charge in [-0.25, -0.2) is 0 Å². The molecule has 9 N–H and O–H groups in total. The minimum Gasteiger partial charge on any atom is -0.481 e. The normalized spacial score (nSPS) is 8.03. The number of rotatable bonds is 4. The van der Waals surface area contributed by atoms with E-state index in [0.29, 0.717) is 0 Å². The van der Waals surface area contributed by atoms with Crippen molar-refractivity contribution in [2.45, 2.75) is 34.6 Å². The second kappa shape index (κ2) is 29.9. The average molecular weight is 436 g/mol. The van der Waals surface area contributed by atoms with Crippen LogP contribution in [0.4, 0.5) is 0 Å². The van der Waals surface area contributed by atoms with Crippen molar-refractivity contribution in [1.29, 1.82) is 0 Å². The summed E-state index contributed by atoms with van der Waals surface area (Å²) in [5.41, 5.74) is -1.11. The van der Waals surface area contributed by atoms with Gasteiger partial charge < -0.3 is 46.0 Å². The van der Waals surface area contributed by atoms with Crippen LogP contribution in [0.2, 0.25) is 0 Å². The monoisotopic (exact) mass is 436 g/mol. The molecular weight excluding hydrogens is 404 g/mol. The zero-order valence-corrected chi connectivity index (χ0v) is 16.9. The molecule has 14 nitrogen and oxygen atoms in total. The van der Waals surface area contributed by atoms with Gasteiger partial charge in [0.25, 0.3) is 29.8 Å². The van der Waals surface area contributed by atoms with Crippen LogP contribution < -0.4 is 0 Å². The van der Waals surface area contributed by atoms with Crippen LogP contribution in [0.1, 0.15) is 34.6 Å². The van der Waals surface area contributed by atoms with E-state index in [1.54, 1.807) is 0 Å². The third-order valence-corrected chi connectivity index (χ3v) is 1.34. The number of carbonyl (C=O) groups is 5. The van der Waals surface area contributed by atoms with Crippen LogP contribution in [-0.4, -0.2) is 102 Å². The summed E-state index contributed by atoms with van der Waals surface area (Å²) < 4.78 is 0. The highest BCUT2D eigenvalue weighted by Gasteiger charge is 2.26. The second-order valence-corrected chi connectivity index (χ2v) is 4.73. The quantitative estimate of drug-likeness (QED) is 0.240. The van der Waals surface area contributed by atoms with Gasteiger partial charge in [-0.15, -0.1) is 0 Å². The summed E-state index contributed by atoms with van der Waals surface area (Å²) in [7, 11) is 0. The van der Waals surface area contributed by atoms with Crippen LogP contribution in [0.5, 0.6) is 0 Å². The molecule has 0 bridgehead atoms. The van der Waals surface area contributed by atoms with E-state index in [9.17, 15) is 0 Å². The molecule has 0 aromatic rings. The van der Waals surface area contributed by atoms with E-state index in [-0.39, 0.29) is 0 Å². The first kappa shape index (κ1) is 40.8. The molecule has 0 atom stereocenters. The second-order valence-electron chi connectivity index (χ2n) is 4.73. The molecule has 29 heavy (non-hydrogen) atoms. The molecule has 0 aliphatic heterocycles. The zero-order valence-electron chi connectivity index (χ0n) is 16.9. The van der Waals surface area contributed by atoms with Crippen LogP contribution in [0.25, 0.3) is 0 Å². The molecule has 0 rings (SSSR count). The lowest BCUT2D eigenvalue weighted by atomic mass is 9.93. The molecule has 0 fully saturated rings. The molecular formula is C15H32O14. The van der Waals surface area contributed by atoms with Crippen LogP contribution in [-0.2, 0) is 24.0 Å². The van der Waals surface area contributed by atoms with Gasteiger partial charge in [0.05, 0.1) is 31.8 Å². The van der Waals surface area contributed by atoms with Crippen molar-refractivity contribution in [2.75, 3.05) is 26.4 Å². The Bertz CT molecular complexity index is 322. The summed E-state index contributed by atoms with van der Waals surface area (Å²) in [6, 6.07) is 0. The van der Waals surface area contributed by atoms with Crippen molar-refractivity contribution >= 4 is 29.8 Å². The molecule has 0 aromatic carbocycles. The predicted octanol–water partition coefficient (Wildman–Crippen LogP) is -1.60. The Morgan fingerprint density at radius 2 is 0.517 bits per heavy atom. The Hall–Kier alpha value is -2.81. The molecule has 0 saturated carbocycles. The number of hydrogen-bond donors (Lipinski definition) is 9. The van der Waals surface area contributed by atoms with Gasteiger partial charge >= 0.3 is 0 Å². The minimum atomic E-state index is -1.11. The predicted molar refractivity (Wildman–Crippen MR) is 97.3 cm³/mol. The van der Waals surface area contributed by atoms with Crippen molar-refractivity contribution in [1.82, 2.24) is 0 Å². The van der Waals surface area contributed by atoms with Crippen molar-refractivity contribution in [3.05, 3.63) is 0 Å². The maximum absolute atomic E-state index is 9.00. The Kier molecular flexibility index (Phi) is 42.1. The maximum Gasteiger partial charge on any atom is 0.300 e. The smallest absolute Gasteiger partial charge is 0.300 e. The lowest BCUT2D eigenvalue weighted by Crippen LogP contribution is -2.37. The van der Waals surface area contributed by atoms with Gasteiger partial charge in [-0.3, -0.25) is 24.0 Å². The van der Waals surface area contributed by atoms with Crippen molar-refractivity contribution in [3.8, 4) is 0 Å². The minimum absolute atomic E-state index is 0.406. The number of aliphatic carboxylic acids is 5. The fraction of sp³-hybridized carbons (Fsp3) is 0.667. The van der Waals surface area contributed by atoms with Crippen LogP contribution in [0, 0.1) is 5.41 Å². The van der Waals surface area contributed by atoms with Gasteiger partial charge in [0.2, 0.25) is 0 Å². The number of aliphatic hydroxyl groups excluding tert-OH is 4. The van der Waals surface area contributed by atoms with Crippen molar-refractivity contribution < 1.29 is 69.9 Å². The van der Waals surface area contributed by atoms with Gasteiger partial charge in [0.1, 0.15) is 0 Å². The fourth-order valence-electron chi connectivity index (χ4n) is 0.300. The lowest BCUT2D eigenvalue weighted by Gasteiger charge is -2.23. The van der Waals surface area contributed by atoms with Crippen LogP contribution >= 0.6 is 0 Å². The van der Waals surface area contributed by atoms with Gasteiger partial charge in [-0.2, -0.15) is 0 Å². The Labute approximate surface area is 167 Å². The summed E-state index contributed by atoms with van der Waals surface area (Å²) >= 11 is 0. The highest BCUT2D eigenvalue weighted by atomic mass is 16.4. The molecule has 0 unspecified atom stereocenters. The fourth-order valence-corrected chi connectivity index (χ4v) is 0.300. The number of carboxylic acids is 5. The van der Waals surface area contributed by atoms with Gasteiger partial charge in [-0.1, -0.05) is 0 Å². The van der Waals surface area contributed by atoms with E-state index in [1.165, 1.54) is 0 Å². The first-order chi connectivity index (χ1) is 12.9. The molecule has 0 aromatic heterocycles. The third-order valence-electron chi connectivity index (χ3n) is 1.34. The molecule has 0 amide bonds. The Balaban J connectivity index is -0.0000000575. The third kappa shape index (κ3) is 160. The van der Waals surface area contributed by atoms with E-state index in [2.05, 4.69) is 0 Å². The largest absolute Gasteiger partial charge is 0.481 e. The molecule has 0 aliphatic carbocycles. The number of aliphatic hydroxyl groups is 4. The Morgan fingerprint density at radius 1 is 0.448 bits per heavy atom. The topological polar surface area (TPSA) is 267 Å². The molecule has 176 valence electrons. The molecule has 0 radical (unpaired) electrons. The van der Waals surface area contributed by atoms with E-state index in [1.807, 2.05) is 0 Å². The number of carboxylic acid groups (broad SMARTS) is 5. The highest BCUT2D eigenvalue weighted by Crippen LogP contribution is 2.11. The Morgan fingerprint density at radius 3 is 0.517 bits per heavy atom. The average Bonchev–Trinajstić information content (AvgIpc) is 2.47. The summed E-state index contributed by atoms with van der Waals surface area (Å²) in [5.74, 6) is -4.17. The van der Waals surface area contributed by atoms with E-state index >= 15 is 0 Å². The van der Waals surface area contributed by atoms with Crippen molar-refractivity contribution in [3.63, 3.8) is 0 Å². The zero-order chi connectivity index (χ0) is 25.2. The summed E-state index contributed by atoms with van der Waals surface area (Å²) in [5, 5.41) is 71.1. The van der Waals surface area contributed by atoms with Gasteiger partial charge in [0.15, 0.2) is 0 Å². The molecule has 0 saturated heterocycles. The summed E-state index contributed by atoms with van der Waals surface area (Å²) in [4.78, 5) is 45.0. The van der Waals surface area contributed by atoms with Crippen LogP contribution in [0.3, 0.4) is 0 Å². The maximum atomic E-state index is 9.00. The molecule has 0 spiro atoms. The van der Waals surface area contributed by atoms with E-state index in [4.69, 9.17) is 69.9 Å². The molecule has 14 heteroatoms. The first-order valence-corrected chi connectivity index (χ1v) is 7.32. The molecule has 0 aliphatic rings. The first-order valence-electron chi connectivity index (χ1n) is 7.32. The van der Waals surface area contributed by atoms with Crippen molar-refractivity contribution in [2.24, 2.45) is 5.41 Å². The SMILES string of the molecule is CC(=O)O.CC(=O)O.CC(=O)O.CC(=O)O.CC(=O)O.OCC(CO)(CO)CO. The van der Waals surface area contributed by atoms with Gasteiger partial charge in [0, 0.05) is 34.6 Å². The summed E-state index contributed by atoms with van der Waals surface area (Å²) in [6.45, 7) is 3.79. The summed E-state index contributed by atoms with van der Waals surface area (Å²) in [6.07, 6.45) is 0. The highest BCUT2D eigenvalue weighted by molar-refractivity contribution is 5.63. The van der Waals surface area contributed by atoms with Crippen LogP contribution in [0.15, 0.2) is 0 Å². The standard InChI is InChI=1S/C5H12O4.5C2H4O2/c6-1-5(2-7,3-8)4-9;5*1-2(3)4/h6-9H,1-4H2;5*1H3,(H,3,4). The van der Waals surface area contributed by atoms with E-state index in [0.717, 1.165) is 34.6 Å². The number of hydrogen-bond acceptors (Lipinski definition) is 9. The van der Waals surface area contributed by atoms with E-state index < -0.39 is 61.7 Å². The molecule has 0 heterocycles. The lowest BCUT2D eigenvalue weighted by molar-refractivity contribution is -0.135. The van der Waals surface area contributed by atoms with Gasteiger partial charge in [-0.05, 0) is 0 Å².